The lowest BCUT2D eigenvalue weighted by molar-refractivity contribution is -0.141. The number of aliphatic carboxylic acids is 1. The second-order valence-electron chi connectivity index (χ2n) is 3.94. The molecule has 0 radical (unpaired) electrons. The Bertz CT molecular complexity index is 199. The minimum Gasteiger partial charge on any atom is -0.481 e. The van der Waals surface area contributed by atoms with E-state index in [1.165, 1.54) is 0 Å². The van der Waals surface area contributed by atoms with Crippen molar-refractivity contribution in [1.82, 2.24) is 0 Å². The molecule has 0 aromatic carbocycles. The van der Waals surface area contributed by atoms with Crippen molar-refractivity contribution in [3.8, 4) is 0 Å². The minimum atomic E-state index is -0.716. The molecule has 0 saturated heterocycles. The van der Waals surface area contributed by atoms with Crippen LogP contribution in [0.3, 0.4) is 0 Å². The summed E-state index contributed by atoms with van der Waals surface area (Å²) >= 11 is 1.73. The Morgan fingerprint density at radius 1 is 1.64 bits per heavy atom. The highest BCUT2D eigenvalue weighted by Gasteiger charge is 2.31. The predicted molar refractivity (Wildman–Crippen MR) is 62.8 cm³/mol. The van der Waals surface area contributed by atoms with Gasteiger partial charge in [-0.1, -0.05) is 13.0 Å². The first-order chi connectivity index (χ1) is 6.41. The van der Waals surface area contributed by atoms with E-state index >= 15 is 0 Å². The summed E-state index contributed by atoms with van der Waals surface area (Å²) in [5.41, 5.74) is 0. The predicted octanol–water partition coefficient (Wildman–Crippen LogP) is 3.19. The molecule has 1 unspecified atom stereocenters. The molecular formula is C11H20O2S. The Morgan fingerprint density at radius 2 is 2.21 bits per heavy atom. The number of carboxylic acids is 1. The van der Waals surface area contributed by atoms with E-state index in [1.54, 1.807) is 18.7 Å². The van der Waals surface area contributed by atoms with Gasteiger partial charge >= 0.3 is 5.97 Å². The van der Waals surface area contributed by atoms with Crippen molar-refractivity contribution in [3.05, 3.63) is 12.7 Å². The lowest BCUT2D eigenvalue weighted by Crippen LogP contribution is -2.31. The number of unbranched alkanes of at least 4 members (excludes halogenated alkanes) is 1. The smallest absolute Gasteiger partial charge is 0.307 e. The molecule has 0 aliphatic rings. The van der Waals surface area contributed by atoms with Gasteiger partial charge in [0, 0.05) is 4.75 Å². The maximum atomic E-state index is 10.8. The van der Waals surface area contributed by atoms with Gasteiger partial charge in [-0.2, -0.15) is 11.8 Å². The molecule has 0 saturated carbocycles. The van der Waals surface area contributed by atoms with Gasteiger partial charge in [-0.25, -0.2) is 0 Å². The van der Waals surface area contributed by atoms with E-state index < -0.39 is 5.97 Å². The van der Waals surface area contributed by atoms with E-state index in [2.05, 4.69) is 6.58 Å². The molecule has 1 atom stereocenters. The Morgan fingerprint density at radius 3 is 2.64 bits per heavy atom. The maximum absolute atomic E-state index is 10.8. The van der Waals surface area contributed by atoms with Gasteiger partial charge in [0.25, 0.3) is 0 Å². The van der Waals surface area contributed by atoms with Crippen LogP contribution in [0.1, 0.15) is 33.6 Å². The molecule has 0 spiro atoms. The lowest BCUT2D eigenvalue weighted by Gasteiger charge is -2.28. The number of hydrogen-bond donors (Lipinski definition) is 1. The average Bonchev–Trinajstić information content (AvgIpc) is 2.11. The van der Waals surface area contributed by atoms with Gasteiger partial charge in [-0.05, 0) is 32.4 Å². The highest BCUT2D eigenvalue weighted by Crippen LogP contribution is 2.33. The lowest BCUT2D eigenvalue weighted by atomic mass is 9.97. The van der Waals surface area contributed by atoms with Gasteiger partial charge in [-0.3, -0.25) is 4.79 Å². The van der Waals surface area contributed by atoms with E-state index in [4.69, 9.17) is 5.11 Å². The van der Waals surface area contributed by atoms with Gasteiger partial charge in [0.15, 0.2) is 0 Å². The van der Waals surface area contributed by atoms with E-state index in [-0.39, 0.29) is 10.7 Å². The van der Waals surface area contributed by atoms with Crippen molar-refractivity contribution < 1.29 is 9.90 Å². The van der Waals surface area contributed by atoms with Gasteiger partial charge in [-0.15, -0.1) is 6.58 Å². The summed E-state index contributed by atoms with van der Waals surface area (Å²) in [6.07, 6.45) is 3.97. The summed E-state index contributed by atoms with van der Waals surface area (Å²) in [7, 11) is 0. The Balaban J connectivity index is 3.93. The fourth-order valence-corrected chi connectivity index (χ4v) is 2.17. The first-order valence-electron chi connectivity index (χ1n) is 4.89. The maximum Gasteiger partial charge on any atom is 0.307 e. The third-order valence-electron chi connectivity index (χ3n) is 2.44. The zero-order valence-electron chi connectivity index (χ0n) is 9.25. The second-order valence-corrected chi connectivity index (χ2v) is 5.69. The largest absolute Gasteiger partial charge is 0.481 e. The van der Waals surface area contributed by atoms with Crippen LogP contribution in [0.4, 0.5) is 0 Å². The van der Waals surface area contributed by atoms with Gasteiger partial charge in [0.05, 0.1) is 5.92 Å². The number of thioether (sulfide) groups is 1. The van der Waals surface area contributed by atoms with Crippen LogP contribution in [0.25, 0.3) is 0 Å². The molecule has 0 fully saturated rings. The van der Waals surface area contributed by atoms with Crippen molar-refractivity contribution in [1.29, 1.82) is 0 Å². The zero-order chi connectivity index (χ0) is 11.2. The van der Waals surface area contributed by atoms with E-state index in [1.807, 2.05) is 19.9 Å². The summed E-state index contributed by atoms with van der Waals surface area (Å²) in [6.45, 7) is 9.40. The van der Waals surface area contributed by atoms with Gasteiger partial charge in [0.2, 0.25) is 0 Å². The number of carboxylic acid groups (broad SMARTS) is 1. The molecule has 0 aromatic rings. The average molecular weight is 216 g/mol. The van der Waals surface area contributed by atoms with Crippen LogP contribution in [0.15, 0.2) is 12.7 Å². The standard InChI is InChI=1S/C11H20O2S/c1-5-6-7-8-14-11(3,4)9(2)10(12)13/h5,9H,1,6-8H2,2-4H3,(H,12,13). The molecule has 0 heterocycles. The molecule has 0 bridgehead atoms. The molecule has 0 aromatic heterocycles. The van der Waals surface area contributed by atoms with Crippen molar-refractivity contribution in [2.45, 2.75) is 38.4 Å². The fraction of sp³-hybridized carbons (Fsp3) is 0.727. The molecule has 82 valence electrons. The van der Waals surface area contributed by atoms with Crippen LogP contribution in [-0.2, 0) is 4.79 Å². The Kier molecular flexibility index (Phi) is 5.93. The van der Waals surface area contributed by atoms with Crippen LogP contribution >= 0.6 is 11.8 Å². The molecule has 0 aliphatic carbocycles. The van der Waals surface area contributed by atoms with Crippen LogP contribution in [0, 0.1) is 5.92 Å². The third-order valence-corrected chi connectivity index (χ3v) is 4.03. The molecule has 0 rings (SSSR count). The van der Waals surface area contributed by atoms with Crippen LogP contribution in [0.5, 0.6) is 0 Å². The van der Waals surface area contributed by atoms with Crippen molar-refractivity contribution >= 4 is 17.7 Å². The molecule has 2 nitrogen and oxygen atoms in total. The van der Waals surface area contributed by atoms with Gasteiger partial charge < -0.3 is 5.11 Å². The summed E-state index contributed by atoms with van der Waals surface area (Å²) in [6, 6.07) is 0. The normalized spacial score (nSPS) is 13.6. The second kappa shape index (κ2) is 6.12. The quantitative estimate of drug-likeness (QED) is 0.524. The third kappa shape index (κ3) is 4.70. The SMILES string of the molecule is C=CCCCSC(C)(C)C(C)C(=O)O. The van der Waals surface area contributed by atoms with Crippen LogP contribution in [0.2, 0.25) is 0 Å². The molecule has 14 heavy (non-hydrogen) atoms. The highest BCUT2D eigenvalue weighted by molar-refractivity contribution is 8.00. The fourth-order valence-electron chi connectivity index (χ4n) is 0.985. The summed E-state index contributed by atoms with van der Waals surface area (Å²) < 4.78 is -0.187. The molecule has 0 amide bonds. The highest BCUT2D eigenvalue weighted by atomic mass is 32.2. The monoisotopic (exact) mass is 216 g/mol. The topological polar surface area (TPSA) is 37.3 Å². The Hall–Kier alpha value is -0.440. The molecule has 3 heteroatoms. The Labute approximate surface area is 90.8 Å². The molecular weight excluding hydrogens is 196 g/mol. The zero-order valence-corrected chi connectivity index (χ0v) is 10.1. The van der Waals surface area contributed by atoms with Crippen molar-refractivity contribution in [2.24, 2.45) is 5.92 Å². The number of carbonyl (C=O) groups is 1. The first kappa shape index (κ1) is 13.6. The van der Waals surface area contributed by atoms with Gasteiger partial charge in [0.1, 0.15) is 0 Å². The van der Waals surface area contributed by atoms with Crippen LogP contribution < -0.4 is 0 Å². The number of allylic oxidation sites excluding steroid dienone is 1. The van der Waals surface area contributed by atoms with E-state index in [0.29, 0.717) is 0 Å². The van der Waals surface area contributed by atoms with Crippen LogP contribution in [-0.4, -0.2) is 21.6 Å². The molecule has 0 aliphatic heterocycles. The van der Waals surface area contributed by atoms with Crippen molar-refractivity contribution in [2.75, 3.05) is 5.75 Å². The number of rotatable bonds is 7. The van der Waals surface area contributed by atoms with E-state index in [0.717, 1.165) is 18.6 Å². The summed E-state index contributed by atoms with van der Waals surface area (Å²) in [4.78, 5) is 10.8. The first-order valence-corrected chi connectivity index (χ1v) is 5.88. The number of hydrogen-bond acceptors (Lipinski definition) is 2. The molecule has 1 N–H and O–H groups in total. The van der Waals surface area contributed by atoms with Crippen molar-refractivity contribution in [3.63, 3.8) is 0 Å². The summed E-state index contributed by atoms with van der Waals surface area (Å²) in [5.74, 6) is -0.0288. The summed E-state index contributed by atoms with van der Waals surface area (Å²) in [5, 5.41) is 8.89. The minimum absolute atomic E-state index is 0.187. The van der Waals surface area contributed by atoms with E-state index in [9.17, 15) is 4.79 Å².